The van der Waals surface area contributed by atoms with Crippen LogP contribution in [0, 0.1) is 5.82 Å². The smallest absolute Gasteiger partial charge is 0.133 e. The van der Waals surface area contributed by atoms with E-state index in [0.717, 1.165) is 4.47 Å². The van der Waals surface area contributed by atoms with E-state index >= 15 is 0 Å². The fourth-order valence-corrected chi connectivity index (χ4v) is 1.81. The second-order valence-electron chi connectivity index (χ2n) is 2.75. The first-order chi connectivity index (χ1) is 6.24. The number of rotatable bonds is 1. The second-order valence-corrected chi connectivity index (χ2v) is 3.61. The van der Waals surface area contributed by atoms with Crippen molar-refractivity contribution >= 4 is 26.8 Å². The monoisotopic (exact) mass is 243 g/mol. The van der Waals surface area contributed by atoms with E-state index in [1.807, 2.05) is 0 Å². The van der Waals surface area contributed by atoms with Gasteiger partial charge in [0, 0.05) is 21.6 Å². The first-order valence-electron chi connectivity index (χ1n) is 3.79. The fraction of sp³-hybridized carbons (Fsp3) is 0.111. The van der Waals surface area contributed by atoms with Gasteiger partial charge < -0.3 is 10.1 Å². The first kappa shape index (κ1) is 8.72. The van der Waals surface area contributed by atoms with Gasteiger partial charge in [-0.3, -0.25) is 0 Å². The molecule has 0 bridgehead atoms. The van der Waals surface area contributed by atoms with Crippen molar-refractivity contribution in [2.45, 2.75) is 6.61 Å². The molecule has 68 valence electrons. The Bertz CT molecular complexity index is 452. The third-order valence-corrected chi connectivity index (χ3v) is 2.65. The van der Waals surface area contributed by atoms with E-state index in [2.05, 4.69) is 20.9 Å². The molecule has 2 N–H and O–H groups in total. The molecule has 2 rings (SSSR count). The first-order valence-corrected chi connectivity index (χ1v) is 4.58. The van der Waals surface area contributed by atoms with Gasteiger partial charge in [0.15, 0.2) is 0 Å². The number of aromatic nitrogens is 1. The summed E-state index contributed by atoms with van der Waals surface area (Å²) in [4.78, 5) is 2.90. The molecule has 1 heterocycles. The molecule has 1 aromatic carbocycles. The van der Waals surface area contributed by atoms with Crippen LogP contribution in [-0.2, 0) is 6.61 Å². The molecule has 0 aliphatic heterocycles. The number of hydrogen-bond acceptors (Lipinski definition) is 1. The minimum Gasteiger partial charge on any atom is -0.392 e. The maximum atomic E-state index is 13.3. The molecule has 4 heteroatoms. The van der Waals surface area contributed by atoms with Crippen molar-refractivity contribution in [2.75, 3.05) is 0 Å². The van der Waals surface area contributed by atoms with Crippen LogP contribution in [0.1, 0.15) is 5.56 Å². The maximum Gasteiger partial charge on any atom is 0.133 e. The SMILES string of the molecule is OCc1c[nH]c2c(Br)ccc(F)c12. The highest BCUT2D eigenvalue weighted by molar-refractivity contribution is 9.10. The molecule has 1 aromatic heterocycles. The Morgan fingerprint density at radius 2 is 2.23 bits per heavy atom. The summed E-state index contributed by atoms with van der Waals surface area (Å²) in [6.07, 6.45) is 1.61. The van der Waals surface area contributed by atoms with Crippen molar-refractivity contribution in [3.05, 3.63) is 34.2 Å². The quantitative estimate of drug-likeness (QED) is 0.794. The third kappa shape index (κ3) is 1.26. The average Bonchev–Trinajstić information content (AvgIpc) is 2.56. The molecular weight excluding hydrogens is 237 g/mol. The summed E-state index contributed by atoms with van der Waals surface area (Å²) in [6, 6.07) is 3.01. The zero-order valence-electron chi connectivity index (χ0n) is 6.64. The van der Waals surface area contributed by atoms with Crippen LogP contribution in [0.25, 0.3) is 10.9 Å². The molecular formula is C9H7BrFNO. The Morgan fingerprint density at radius 1 is 1.46 bits per heavy atom. The molecule has 0 fully saturated rings. The van der Waals surface area contributed by atoms with Crippen LogP contribution in [0.3, 0.4) is 0 Å². The van der Waals surface area contributed by atoms with E-state index in [9.17, 15) is 4.39 Å². The van der Waals surface area contributed by atoms with Gasteiger partial charge in [-0.15, -0.1) is 0 Å². The Labute approximate surface area is 82.5 Å². The lowest BCUT2D eigenvalue weighted by molar-refractivity contribution is 0.283. The second kappa shape index (κ2) is 3.12. The van der Waals surface area contributed by atoms with Gasteiger partial charge in [-0.1, -0.05) is 0 Å². The summed E-state index contributed by atoms with van der Waals surface area (Å²) >= 11 is 3.29. The average molecular weight is 244 g/mol. The Morgan fingerprint density at radius 3 is 2.92 bits per heavy atom. The van der Waals surface area contributed by atoms with E-state index in [4.69, 9.17) is 5.11 Å². The van der Waals surface area contributed by atoms with E-state index in [-0.39, 0.29) is 12.4 Å². The number of hydrogen-bond donors (Lipinski definition) is 2. The number of aliphatic hydroxyl groups is 1. The van der Waals surface area contributed by atoms with Crippen LogP contribution in [0.15, 0.2) is 22.8 Å². The predicted octanol–water partition coefficient (Wildman–Crippen LogP) is 2.56. The molecule has 0 saturated heterocycles. The molecule has 2 nitrogen and oxygen atoms in total. The molecule has 0 spiro atoms. The van der Waals surface area contributed by atoms with Gasteiger partial charge in [0.05, 0.1) is 12.1 Å². The standard InChI is InChI=1S/C9H7BrFNO/c10-6-1-2-7(11)8-5(4-13)3-12-9(6)8/h1-3,12-13H,4H2. The lowest BCUT2D eigenvalue weighted by Crippen LogP contribution is -1.83. The van der Waals surface area contributed by atoms with Crippen molar-refractivity contribution in [1.29, 1.82) is 0 Å². The summed E-state index contributed by atoms with van der Waals surface area (Å²) in [5.41, 5.74) is 1.26. The molecule has 0 saturated carbocycles. The minimum atomic E-state index is -0.316. The number of benzene rings is 1. The van der Waals surface area contributed by atoms with E-state index in [1.54, 1.807) is 12.3 Å². The molecule has 0 amide bonds. The minimum absolute atomic E-state index is 0.159. The lowest BCUT2D eigenvalue weighted by Gasteiger charge is -1.97. The van der Waals surface area contributed by atoms with E-state index in [0.29, 0.717) is 16.5 Å². The zero-order chi connectivity index (χ0) is 9.42. The highest BCUT2D eigenvalue weighted by atomic mass is 79.9. The van der Waals surface area contributed by atoms with Gasteiger partial charge in [0.25, 0.3) is 0 Å². The molecule has 0 aliphatic rings. The van der Waals surface area contributed by atoms with Crippen molar-refractivity contribution in [3.8, 4) is 0 Å². The number of halogens is 2. The van der Waals surface area contributed by atoms with Crippen molar-refractivity contribution in [1.82, 2.24) is 4.98 Å². The van der Waals surface area contributed by atoms with Crippen LogP contribution in [0.5, 0.6) is 0 Å². The van der Waals surface area contributed by atoms with Gasteiger partial charge in [0.1, 0.15) is 5.82 Å². The lowest BCUT2D eigenvalue weighted by atomic mass is 10.2. The largest absolute Gasteiger partial charge is 0.392 e. The highest BCUT2D eigenvalue weighted by Gasteiger charge is 2.09. The van der Waals surface area contributed by atoms with Gasteiger partial charge >= 0.3 is 0 Å². The number of aliphatic hydroxyl groups excluding tert-OH is 1. The van der Waals surface area contributed by atoms with Crippen molar-refractivity contribution < 1.29 is 9.50 Å². The fourth-order valence-electron chi connectivity index (χ4n) is 1.36. The molecule has 0 aliphatic carbocycles. The molecule has 0 unspecified atom stereocenters. The van der Waals surface area contributed by atoms with E-state index < -0.39 is 0 Å². The summed E-state index contributed by atoms with van der Waals surface area (Å²) in [7, 11) is 0. The highest BCUT2D eigenvalue weighted by Crippen LogP contribution is 2.27. The van der Waals surface area contributed by atoms with Gasteiger partial charge in [-0.25, -0.2) is 4.39 Å². The number of H-pyrrole nitrogens is 1. The summed E-state index contributed by atoms with van der Waals surface area (Å²) in [6.45, 7) is -0.159. The summed E-state index contributed by atoms with van der Waals surface area (Å²) in [5, 5.41) is 9.39. The van der Waals surface area contributed by atoms with Gasteiger partial charge in [-0.05, 0) is 28.1 Å². The summed E-state index contributed by atoms with van der Waals surface area (Å²) < 4.78 is 14.1. The molecule has 0 atom stereocenters. The van der Waals surface area contributed by atoms with Crippen molar-refractivity contribution in [3.63, 3.8) is 0 Å². The van der Waals surface area contributed by atoms with Gasteiger partial charge in [-0.2, -0.15) is 0 Å². The molecule has 2 aromatic rings. The predicted molar refractivity (Wildman–Crippen MR) is 51.9 cm³/mol. The third-order valence-electron chi connectivity index (χ3n) is 1.99. The van der Waals surface area contributed by atoms with Gasteiger partial charge in [0.2, 0.25) is 0 Å². The normalized spacial score (nSPS) is 11.0. The van der Waals surface area contributed by atoms with E-state index in [1.165, 1.54) is 6.07 Å². The van der Waals surface area contributed by atoms with Crippen molar-refractivity contribution in [2.24, 2.45) is 0 Å². The number of nitrogens with one attached hydrogen (secondary N) is 1. The number of aromatic amines is 1. The van der Waals surface area contributed by atoms with Crippen LogP contribution >= 0.6 is 15.9 Å². The number of fused-ring (bicyclic) bond motifs is 1. The van der Waals surface area contributed by atoms with Crippen LogP contribution in [0.2, 0.25) is 0 Å². The molecule has 13 heavy (non-hydrogen) atoms. The Kier molecular flexibility index (Phi) is 2.09. The van der Waals surface area contributed by atoms with Crippen LogP contribution < -0.4 is 0 Å². The Balaban J connectivity index is 2.87. The van der Waals surface area contributed by atoms with Crippen LogP contribution in [-0.4, -0.2) is 10.1 Å². The zero-order valence-corrected chi connectivity index (χ0v) is 8.23. The van der Waals surface area contributed by atoms with Crippen LogP contribution in [0.4, 0.5) is 4.39 Å². The summed E-state index contributed by atoms with van der Waals surface area (Å²) in [5.74, 6) is -0.316. The topological polar surface area (TPSA) is 36.0 Å². The maximum absolute atomic E-state index is 13.3. The molecule has 0 radical (unpaired) electrons. The Hall–Kier alpha value is -0.870.